The van der Waals surface area contributed by atoms with Crippen LogP contribution in [0.15, 0.2) is 6.07 Å². The largest absolute Gasteiger partial charge is 0.544 e. The second kappa shape index (κ2) is 3.84. The number of aryl methyl sites for hydroxylation is 1. The minimum atomic E-state index is -4.62. The number of carbonyl (C=O) groups excluding carboxylic acids is 1. The summed E-state index contributed by atoms with van der Waals surface area (Å²) in [5.41, 5.74) is 4.15. The Kier molecular flexibility index (Phi) is 2.69. The van der Waals surface area contributed by atoms with E-state index in [1.165, 1.54) is 6.92 Å². The lowest BCUT2D eigenvalue weighted by Gasteiger charge is -2.09. The van der Waals surface area contributed by atoms with Crippen molar-refractivity contribution in [2.24, 2.45) is 0 Å². The molecule has 0 aliphatic rings. The molecule has 0 saturated carbocycles. The van der Waals surface area contributed by atoms with E-state index in [1.807, 2.05) is 0 Å². The summed E-state index contributed by atoms with van der Waals surface area (Å²) in [7, 11) is 0. The number of aromatic nitrogens is 1. The number of hydrogen-bond acceptors (Lipinski definition) is 5. The summed E-state index contributed by atoms with van der Waals surface area (Å²) in [6.07, 6.45) is -4.62. The molecule has 0 aromatic carbocycles. The van der Waals surface area contributed by atoms with Gasteiger partial charge in [0, 0.05) is 11.1 Å². The van der Waals surface area contributed by atoms with Crippen molar-refractivity contribution in [2.45, 2.75) is 13.1 Å². The van der Waals surface area contributed by atoms with Crippen molar-refractivity contribution in [1.82, 2.24) is 4.98 Å². The summed E-state index contributed by atoms with van der Waals surface area (Å²) >= 11 is 0.578. The number of anilines is 1. The van der Waals surface area contributed by atoms with Gasteiger partial charge >= 0.3 is 6.18 Å². The Labute approximate surface area is 103 Å². The van der Waals surface area contributed by atoms with E-state index in [4.69, 9.17) is 5.73 Å². The highest BCUT2D eigenvalue weighted by Crippen LogP contribution is 2.41. The van der Waals surface area contributed by atoms with Gasteiger partial charge in [0.25, 0.3) is 0 Å². The molecule has 0 radical (unpaired) electrons. The zero-order valence-corrected chi connectivity index (χ0v) is 9.78. The van der Waals surface area contributed by atoms with Gasteiger partial charge in [0.2, 0.25) is 0 Å². The average molecular weight is 275 g/mol. The Morgan fingerprint density at radius 2 is 2.11 bits per heavy atom. The molecule has 0 aliphatic heterocycles. The first-order chi connectivity index (χ1) is 8.21. The number of pyridine rings is 1. The lowest BCUT2D eigenvalue weighted by Crippen LogP contribution is -2.22. The van der Waals surface area contributed by atoms with Gasteiger partial charge < -0.3 is 15.6 Å². The molecular weight excluding hydrogens is 269 g/mol. The molecule has 2 N–H and O–H groups in total. The minimum Gasteiger partial charge on any atom is -0.544 e. The average Bonchev–Trinajstić information content (AvgIpc) is 2.53. The van der Waals surface area contributed by atoms with Crippen LogP contribution in [0.4, 0.5) is 18.9 Å². The molecule has 2 aromatic heterocycles. The molecule has 2 rings (SSSR count). The number of hydrogen-bond donors (Lipinski definition) is 1. The third-order valence-corrected chi connectivity index (χ3v) is 3.40. The number of halogens is 3. The number of nitrogen functional groups attached to an aromatic ring is 1. The van der Waals surface area contributed by atoms with Gasteiger partial charge in [-0.05, 0) is 13.0 Å². The van der Waals surface area contributed by atoms with Gasteiger partial charge in [0.05, 0.1) is 22.1 Å². The predicted octanol–water partition coefficient (Wildman–Crippen LogP) is 1.57. The van der Waals surface area contributed by atoms with Gasteiger partial charge in [-0.1, -0.05) is 0 Å². The van der Waals surface area contributed by atoms with Crippen LogP contribution in [-0.2, 0) is 6.18 Å². The van der Waals surface area contributed by atoms with Crippen LogP contribution in [0, 0.1) is 6.92 Å². The van der Waals surface area contributed by atoms with Crippen LogP contribution in [0.25, 0.3) is 10.2 Å². The quantitative estimate of drug-likeness (QED) is 0.856. The fraction of sp³-hybridized carbons (Fsp3) is 0.200. The first-order valence-electron chi connectivity index (χ1n) is 4.70. The van der Waals surface area contributed by atoms with Gasteiger partial charge in [-0.25, -0.2) is 4.98 Å². The second-order valence-corrected chi connectivity index (χ2v) is 4.62. The van der Waals surface area contributed by atoms with E-state index in [2.05, 4.69) is 4.98 Å². The van der Waals surface area contributed by atoms with Crippen molar-refractivity contribution in [3.05, 3.63) is 22.2 Å². The van der Waals surface area contributed by atoms with Crippen LogP contribution in [-0.4, -0.2) is 11.0 Å². The van der Waals surface area contributed by atoms with E-state index >= 15 is 0 Å². The van der Waals surface area contributed by atoms with Crippen molar-refractivity contribution in [2.75, 3.05) is 5.73 Å². The van der Waals surface area contributed by atoms with E-state index in [-0.39, 0.29) is 15.9 Å². The van der Waals surface area contributed by atoms with Crippen LogP contribution >= 0.6 is 11.3 Å². The molecule has 8 heteroatoms. The molecule has 2 heterocycles. The van der Waals surface area contributed by atoms with Crippen molar-refractivity contribution in [1.29, 1.82) is 0 Å². The Morgan fingerprint density at radius 1 is 1.50 bits per heavy atom. The minimum absolute atomic E-state index is 0.0565. The SMILES string of the molecule is Cc1cc(C(F)(F)F)c2c(N)c(C(=O)[O-])sc2n1. The smallest absolute Gasteiger partial charge is 0.417 e. The molecule has 2 aromatic rings. The third kappa shape index (κ3) is 1.88. The molecule has 18 heavy (non-hydrogen) atoms. The van der Waals surface area contributed by atoms with Crippen molar-refractivity contribution >= 4 is 33.2 Å². The normalized spacial score (nSPS) is 12.0. The summed E-state index contributed by atoms with van der Waals surface area (Å²) in [6, 6.07) is 0.838. The summed E-state index contributed by atoms with van der Waals surface area (Å²) in [4.78, 5) is 14.1. The van der Waals surface area contributed by atoms with Crippen molar-refractivity contribution in [3.8, 4) is 0 Å². The van der Waals surface area contributed by atoms with Gasteiger partial charge in [0.15, 0.2) is 0 Å². The molecule has 0 amide bonds. The summed E-state index contributed by atoms with van der Waals surface area (Å²) in [6.45, 7) is 1.39. The number of thiophene rings is 1. The number of aromatic carboxylic acids is 1. The summed E-state index contributed by atoms with van der Waals surface area (Å²) in [5.74, 6) is -1.61. The summed E-state index contributed by atoms with van der Waals surface area (Å²) < 4.78 is 38.5. The van der Waals surface area contributed by atoms with Gasteiger partial charge in [-0.2, -0.15) is 13.2 Å². The predicted molar refractivity (Wildman–Crippen MR) is 58.1 cm³/mol. The monoisotopic (exact) mass is 275 g/mol. The van der Waals surface area contributed by atoms with Crippen LogP contribution in [0.2, 0.25) is 0 Å². The standard InChI is InChI=1S/C10H7F3N2O2S/c1-3-2-4(10(11,12)13)5-6(14)7(9(16)17)18-8(5)15-3/h2H,14H2,1H3,(H,16,17)/p-1. The van der Waals surface area contributed by atoms with Gasteiger partial charge in [-0.15, -0.1) is 11.3 Å². The van der Waals surface area contributed by atoms with Crippen molar-refractivity contribution in [3.63, 3.8) is 0 Å². The van der Waals surface area contributed by atoms with E-state index in [0.717, 1.165) is 6.07 Å². The lowest BCUT2D eigenvalue weighted by atomic mass is 10.1. The molecule has 0 saturated heterocycles. The molecule has 4 nitrogen and oxygen atoms in total. The molecule has 96 valence electrons. The van der Waals surface area contributed by atoms with Gasteiger partial charge in [-0.3, -0.25) is 0 Å². The fourth-order valence-corrected chi connectivity index (χ4v) is 2.62. The Morgan fingerprint density at radius 3 is 2.61 bits per heavy atom. The first-order valence-corrected chi connectivity index (χ1v) is 5.51. The number of carboxylic acids is 1. The molecule has 0 unspecified atom stereocenters. The van der Waals surface area contributed by atoms with Crippen LogP contribution in [0.5, 0.6) is 0 Å². The number of nitrogens with zero attached hydrogens (tertiary/aromatic N) is 1. The number of alkyl halides is 3. The maximum absolute atomic E-state index is 12.8. The zero-order chi connectivity index (χ0) is 13.7. The summed E-state index contributed by atoms with van der Waals surface area (Å²) in [5, 5.41) is 10.4. The first kappa shape index (κ1) is 12.6. The molecule has 0 fully saturated rings. The highest BCUT2D eigenvalue weighted by molar-refractivity contribution is 7.21. The molecule has 0 bridgehead atoms. The number of rotatable bonds is 1. The molecule has 0 atom stereocenters. The number of carbonyl (C=O) groups is 1. The number of carboxylic acid groups (broad SMARTS) is 1. The number of nitrogens with two attached hydrogens (primary N) is 1. The Balaban J connectivity index is 2.91. The maximum atomic E-state index is 12.8. The van der Waals surface area contributed by atoms with E-state index < -0.39 is 28.3 Å². The number of fused-ring (bicyclic) bond motifs is 1. The van der Waals surface area contributed by atoms with Crippen LogP contribution in [0.3, 0.4) is 0 Å². The Bertz CT molecular complexity index is 649. The van der Waals surface area contributed by atoms with E-state index in [9.17, 15) is 23.1 Å². The maximum Gasteiger partial charge on any atom is 0.417 e. The molecule has 0 spiro atoms. The van der Waals surface area contributed by atoms with Gasteiger partial charge in [0.1, 0.15) is 4.83 Å². The molecule has 0 aliphatic carbocycles. The second-order valence-electron chi connectivity index (χ2n) is 3.62. The van der Waals surface area contributed by atoms with E-state index in [0.29, 0.717) is 11.3 Å². The Hall–Kier alpha value is -1.83. The lowest BCUT2D eigenvalue weighted by molar-refractivity contribution is -0.254. The van der Waals surface area contributed by atoms with Crippen LogP contribution < -0.4 is 10.8 Å². The van der Waals surface area contributed by atoms with E-state index in [1.54, 1.807) is 0 Å². The van der Waals surface area contributed by atoms with Crippen molar-refractivity contribution < 1.29 is 23.1 Å². The third-order valence-electron chi connectivity index (χ3n) is 2.32. The highest BCUT2D eigenvalue weighted by Gasteiger charge is 2.35. The topological polar surface area (TPSA) is 79.0 Å². The fourth-order valence-electron chi connectivity index (χ4n) is 1.62. The highest BCUT2D eigenvalue weighted by atomic mass is 32.1. The molecular formula is C10H6F3N2O2S-. The zero-order valence-electron chi connectivity index (χ0n) is 8.96. The van der Waals surface area contributed by atoms with Crippen LogP contribution in [0.1, 0.15) is 20.9 Å².